The van der Waals surface area contributed by atoms with Crippen LogP contribution in [-0.4, -0.2) is 7.11 Å². The Bertz CT molecular complexity index is 1160. The molecule has 7 heteroatoms. The number of halogens is 4. The number of rotatable bonds is 6. The van der Waals surface area contributed by atoms with E-state index in [0.29, 0.717) is 48.3 Å². The van der Waals surface area contributed by atoms with Crippen molar-refractivity contribution in [3.8, 4) is 17.6 Å². The molecule has 152 valence electrons. The van der Waals surface area contributed by atoms with Crippen LogP contribution in [0, 0.1) is 17.1 Å². The molecule has 3 aromatic rings. The third kappa shape index (κ3) is 5.34. The summed E-state index contributed by atoms with van der Waals surface area (Å²) in [5, 5.41) is 10.5. The summed E-state index contributed by atoms with van der Waals surface area (Å²) in [6.45, 7) is 0.172. The molecule has 3 aromatic carbocycles. The summed E-state index contributed by atoms with van der Waals surface area (Å²) in [5.74, 6) is 0.612. The molecule has 30 heavy (non-hydrogen) atoms. The van der Waals surface area contributed by atoms with Gasteiger partial charge < -0.3 is 9.47 Å². The first-order valence-electron chi connectivity index (χ1n) is 8.73. The van der Waals surface area contributed by atoms with Gasteiger partial charge in [-0.2, -0.15) is 5.26 Å². The fraction of sp³-hybridized carbons (Fsp3) is 0.0870. The zero-order chi connectivity index (χ0) is 21.7. The van der Waals surface area contributed by atoms with E-state index in [4.69, 9.17) is 32.7 Å². The Labute approximate surface area is 192 Å². The van der Waals surface area contributed by atoms with Gasteiger partial charge in [0.15, 0.2) is 11.5 Å². The van der Waals surface area contributed by atoms with Crippen molar-refractivity contribution in [3.63, 3.8) is 0 Å². The average molecular weight is 507 g/mol. The van der Waals surface area contributed by atoms with E-state index in [0.717, 1.165) is 0 Å². The molecule has 3 nitrogen and oxygen atoms in total. The maximum atomic E-state index is 13.4. The van der Waals surface area contributed by atoms with Crippen molar-refractivity contribution in [1.82, 2.24) is 0 Å². The lowest BCUT2D eigenvalue weighted by Crippen LogP contribution is -1.99. The molecule has 3 rings (SSSR count). The van der Waals surface area contributed by atoms with E-state index < -0.39 is 0 Å². The van der Waals surface area contributed by atoms with Crippen LogP contribution in [0.2, 0.25) is 10.0 Å². The van der Waals surface area contributed by atoms with Gasteiger partial charge in [-0.05, 0) is 69.5 Å². The van der Waals surface area contributed by atoms with E-state index in [1.165, 1.54) is 19.2 Å². The van der Waals surface area contributed by atoms with Crippen LogP contribution < -0.4 is 9.47 Å². The van der Waals surface area contributed by atoms with Crippen LogP contribution >= 0.6 is 39.1 Å². The van der Waals surface area contributed by atoms with Crippen LogP contribution in [0.5, 0.6) is 11.5 Å². The molecular formula is C23H15BrCl2FNO2. The SMILES string of the molecule is COc1cc(/C=C(\C#N)c2ccc(Cl)cc2Cl)cc(Br)c1OCc1cccc(F)c1. The van der Waals surface area contributed by atoms with Gasteiger partial charge in [0.2, 0.25) is 0 Å². The topological polar surface area (TPSA) is 42.2 Å². The summed E-state index contributed by atoms with van der Waals surface area (Å²) < 4.78 is 25.3. The highest BCUT2D eigenvalue weighted by Gasteiger charge is 2.13. The first kappa shape index (κ1) is 22.2. The molecule has 0 saturated heterocycles. The minimum Gasteiger partial charge on any atom is -0.493 e. The Hall–Kier alpha value is -2.52. The maximum Gasteiger partial charge on any atom is 0.175 e. The summed E-state index contributed by atoms with van der Waals surface area (Å²) in [5.41, 5.74) is 2.35. The lowest BCUT2D eigenvalue weighted by molar-refractivity contribution is 0.282. The smallest absolute Gasteiger partial charge is 0.175 e. The molecule has 0 fully saturated rings. The Balaban J connectivity index is 1.92. The number of allylic oxidation sites excluding steroid dienone is 1. The lowest BCUT2D eigenvalue weighted by atomic mass is 10.0. The number of nitriles is 1. The summed E-state index contributed by atoms with van der Waals surface area (Å²) in [7, 11) is 1.52. The van der Waals surface area contributed by atoms with Crippen LogP contribution in [0.15, 0.2) is 59.1 Å². The molecule has 0 spiro atoms. The Morgan fingerprint density at radius 2 is 1.97 bits per heavy atom. The molecular weight excluding hydrogens is 492 g/mol. The molecule has 0 aromatic heterocycles. The van der Waals surface area contributed by atoms with E-state index in [9.17, 15) is 9.65 Å². The average Bonchev–Trinajstić information content (AvgIpc) is 2.71. The second kappa shape index (κ2) is 9.99. The van der Waals surface area contributed by atoms with Gasteiger partial charge in [-0.25, -0.2) is 4.39 Å². The zero-order valence-electron chi connectivity index (χ0n) is 15.8. The van der Waals surface area contributed by atoms with Crippen LogP contribution in [0.25, 0.3) is 11.6 Å². The standard InChI is InChI=1S/C23H15BrCl2FNO2/c1-29-22-10-15(7-16(12-28)19-6-5-17(25)11-21(19)26)9-20(24)23(22)30-13-14-3-2-4-18(27)8-14/h2-11H,13H2,1H3/b16-7+. The molecule has 0 aliphatic heterocycles. The fourth-order valence-electron chi connectivity index (χ4n) is 2.79. The van der Waals surface area contributed by atoms with Gasteiger partial charge >= 0.3 is 0 Å². The molecule has 0 aliphatic carbocycles. The highest BCUT2D eigenvalue weighted by atomic mass is 79.9. The molecule has 0 heterocycles. The second-order valence-electron chi connectivity index (χ2n) is 6.25. The number of ether oxygens (including phenoxy) is 2. The van der Waals surface area contributed by atoms with Crippen molar-refractivity contribution >= 4 is 50.8 Å². The molecule has 0 amide bonds. The van der Waals surface area contributed by atoms with Crippen molar-refractivity contribution in [2.24, 2.45) is 0 Å². The summed E-state index contributed by atoms with van der Waals surface area (Å²) in [6.07, 6.45) is 1.69. The van der Waals surface area contributed by atoms with E-state index in [-0.39, 0.29) is 12.4 Å². The van der Waals surface area contributed by atoms with Crippen molar-refractivity contribution in [2.45, 2.75) is 6.61 Å². The normalized spacial score (nSPS) is 11.1. The molecule has 0 radical (unpaired) electrons. The summed E-state index contributed by atoms with van der Waals surface area (Å²) in [4.78, 5) is 0. The van der Waals surface area contributed by atoms with Crippen LogP contribution in [0.1, 0.15) is 16.7 Å². The van der Waals surface area contributed by atoms with E-state index in [1.54, 1.807) is 48.5 Å². The van der Waals surface area contributed by atoms with Gasteiger partial charge in [0.1, 0.15) is 12.4 Å². The quantitative estimate of drug-likeness (QED) is 0.256. The minimum absolute atomic E-state index is 0.172. The van der Waals surface area contributed by atoms with Gasteiger partial charge in [-0.1, -0.05) is 41.4 Å². The highest BCUT2D eigenvalue weighted by Crippen LogP contribution is 2.38. The van der Waals surface area contributed by atoms with Gasteiger partial charge in [0.25, 0.3) is 0 Å². The van der Waals surface area contributed by atoms with Crippen LogP contribution in [0.3, 0.4) is 0 Å². The van der Waals surface area contributed by atoms with E-state index >= 15 is 0 Å². The number of benzene rings is 3. The monoisotopic (exact) mass is 505 g/mol. The number of nitrogens with zero attached hydrogens (tertiary/aromatic N) is 1. The van der Waals surface area contributed by atoms with Gasteiger partial charge in [0.05, 0.1) is 28.2 Å². The fourth-order valence-corrected chi connectivity index (χ4v) is 3.87. The Morgan fingerprint density at radius 1 is 1.17 bits per heavy atom. The lowest BCUT2D eigenvalue weighted by Gasteiger charge is -2.14. The Kier molecular flexibility index (Phi) is 7.38. The molecule has 0 N–H and O–H groups in total. The predicted octanol–water partition coefficient (Wildman–Crippen LogP) is 7.55. The zero-order valence-corrected chi connectivity index (χ0v) is 18.9. The highest BCUT2D eigenvalue weighted by molar-refractivity contribution is 9.10. The van der Waals surface area contributed by atoms with Crippen LogP contribution in [0.4, 0.5) is 4.39 Å². The van der Waals surface area contributed by atoms with Crippen LogP contribution in [-0.2, 0) is 6.61 Å². The van der Waals surface area contributed by atoms with Gasteiger partial charge in [-0.15, -0.1) is 0 Å². The minimum atomic E-state index is -0.326. The third-order valence-electron chi connectivity index (χ3n) is 4.18. The summed E-state index contributed by atoms with van der Waals surface area (Å²) in [6, 6.07) is 16.8. The third-order valence-corrected chi connectivity index (χ3v) is 5.31. The predicted molar refractivity (Wildman–Crippen MR) is 121 cm³/mol. The largest absolute Gasteiger partial charge is 0.493 e. The van der Waals surface area contributed by atoms with Crippen molar-refractivity contribution in [3.05, 3.63) is 91.6 Å². The number of hydrogen-bond acceptors (Lipinski definition) is 3. The number of hydrogen-bond donors (Lipinski definition) is 0. The van der Waals surface area contributed by atoms with E-state index in [2.05, 4.69) is 22.0 Å². The first-order chi connectivity index (χ1) is 14.4. The second-order valence-corrected chi connectivity index (χ2v) is 7.94. The molecule has 0 bridgehead atoms. The summed E-state index contributed by atoms with van der Waals surface area (Å²) >= 11 is 15.7. The molecule has 0 unspecified atom stereocenters. The van der Waals surface area contributed by atoms with E-state index in [1.807, 2.05) is 0 Å². The molecule has 0 aliphatic rings. The van der Waals surface area contributed by atoms with Gasteiger partial charge in [0, 0.05) is 10.6 Å². The van der Waals surface area contributed by atoms with Crippen molar-refractivity contribution < 1.29 is 13.9 Å². The van der Waals surface area contributed by atoms with Crippen molar-refractivity contribution in [1.29, 1.82) is 5.26 Å². The first-order valence-corrected chi connectivity index (χ1v) is 10.3. The molecule has 0 saturated carbocycles. The van der Waals surface area contributed by atoms with Gasteiger partial charge in [-0.3, -0.25) is 0 Å². The Morgan fingerprint density at radius 3 is 2.63 bits per heavy atom. The number of methoxy groups -OCH3 is 1. The molecule has 0 atom stereocenters. The maximum absolute atomic E-state index is 13.4. The van der Waals surface area contributed by atoms with Crippen molar-refractivity contribution in [2.75, 3.05) is 7.11 Å².